The third-order valence-electron chi connectivity index (χ3n) is 5.33. The minimum absolute atomic E-state index is 0.0328. The van der Waals surface area contributed by atoms with Crippen molar-refractivity contribution in [2.75, 3.05) is 5.32 Å². The van der Waals surface area contributed by atoms with Crippen molar-refractivity contribution in [2.45, 2.75) is 48.2 Å². The van der Waals surface area contributed by atoms with E-state index in [0.29, 0.717) is 12.2 Å². The van der Waals surface area contributed by atoms with Gasteiger partial charge in [0.1, 0.15) is 5.82 Å². The zero-order chi connectivity index (χ0) is 23.9. The van der Waals surface area contributed by atoms with E-state index in [4.69, 9.17) is 0 Å². The smallest absolute Gasteiger partial charge is 0.237 e. The van der Waals surface area contributed by atoms with Gasteiger partial charge in [0, 0.05) is 16.3 Å². The van der Waals surface area contributed by atoms with Crippen molar-refractivity contribution < 1.29 is 4.79 Å². The fraction of sp³-hybridized carbons (Fsp3) is 0.222. The summed E-state index contributed by atoms with van der Waals surface area (Å²) >= 11 is 3.18. The topological polar surface area (TPSA) is 59.8 Å². The van der Waals surface area contributed by atoms with Crippen LogP contribution in [0.5, 0.6) is 0 Å². The number of rotatable bonds is 9. The number of nitrogens with zero attached hydrogens (tertiary/aromatic N) is 3. The predicted molar refractivity (Wildman–Crippen MR) is 142 cm³/mol. The third-order valence-corrected chi connectivity index (χ3v) is 7.65. The zero-order valence-electron chi connectivity index (χ0n) is 19.6. The summed E-state index contributed by atoms with van der Waals surface area (Å²) in [6.07, 6.45) is 0.678. The number of aryl methyl sites for hydroxylation is 2. The lowest BCUT2D eigenvalue weighted by atomic mass is 10.2. The Kier molecular flexibility index (Phi) is 8.08. The Morgan fingerprint density at radius 3 is 2.21 bits per heavy atom. The van der Waals surface area contributed by atoms with E-state index in [9.17, 15) is 4.79 Å². The van der Waals surface area contributed by atoms with Gasteiger partial charge >= 0.3 is 0 Å². The summed E-state index contributed by atoms with van der Waals surface area (Å²) in [6.45, 7) is 6.13. The molecule has 3 aromatic carbocycles. The minimum atomic E-state index is -0.287. The van der Waals surface area contributed by atoms with Gasteiger partial charge in [0.25, 0.3) is 0 Å². The molecular weight excluding hydrogens is 460 g/mol. The van der Waals surface area contributed by atoms with Crippen LogP contribution in [0.2, 0.25) is 0 Å². The lowest BCUT2D eigenvalue weighted by molar-refractivity contribution is -0.115. The zero-order valence-corrected chi connectivity index (χ0v) is 21.2. The highest BCUT2D eigenvalue weighted by Crippen LogP contribution is 2.31. The Labute approximate surface area is 209 Å². The number of aromatic nitrogens is 3. The van der Waals surface area contributed by atoms with Crippen LogP contribution in [0.1, 0.15) is 30.3 Å². The Hall–Kier alpha value is -3.03. The number of benzene rings is 3. The van der Waals surface area contributed by atoms with Crippen LogP contribution in [0.4, 0.5) is 5.69 Å². The van der Waals surface area contributed by atoms with Crippen LogP contribution in [0, 0.1) is 13.8 Å². The molecule has 0 saturated heterocycles. The molecule has 0 aliphatic rings. The van der Waals surface area contributed by atoms with Crippen molar-refractivity contribution in [3.8, 4) is 5.69 Å². The lowest BCUT2D eigenvalue weighted by Gasteiger charge is -2.16. The van der Waals surface area contributed by atoms with Crippen molar-refractivity contribution in [1.82, 2.24) is 14.8 Å². The van der Waals surface area contributed by atoms with E-state index < -0.39 is 0 Å². The maximum absolute atomic E-state index is 13.0. The number of carbonyl (C=O) groups excluding carboxylic acids is 1. The molecule has 0 saturated carbocycles. The van der Waals surface area contributed by atoms with Crippen LogP contribution in [0.3, 0.4) is 0 Å². The Morgan fingerprint density at radius 2 is 1.56 bits per heavy atom. The molecule has 1 N–H and O–H groups in total. The van der Waals surface area contributed by atoms with Crippen molar-refractivity contribution in [2.24, 2.45) is 0 Å². The molecule has 0 aliphatic heterocycles. The molecule has 0 aliphatic carbocycles. The van der Waals surface area contributed by atoms with E-state index in [1.807, 2.05) is 68.4 Å². The van der Waals surface area contributed by atoms with Crippen LogP contribution in [0.15, 0.2) is 88.9 Å². The maximum Gasteiger partial charge on any atom is 0.237 e. The highest BCUT2D eigenvalue weighted by Gasteiger charge is 2.23. The third kappa shape index (κ3) is 6.10. The van der Waals surface area contributed by atoms with E-state index in [2.05, 4.69) is 51.3 Å². The van der Waals surface area contributed by atoms with Gasteiger partial charge in [-0.05, 0) is 56.7 Å². The molecule has 0 radical (unpaired) electrons. The predicted octanol–water partition coefficient (Wildman–Crippen LogP) is 6.69. The Bertz CT molecular complexity index is 1220. The second-order valence-electron chi connectivity index (χ2n) is 8.04. The van der Waals surface area contributed by atoms with E-state index >= 15 is 0 Å². The van der Waals surface area contributed by atoms with Gasteiger partial charge < -0.3 is 5.32 Å². The van der Waals surface area contributed by atoms with Crippen LogP contribution in [-0.2, 0) is 10.5 Å². The fourth-order valence-corrected chi connectivity index (χ4v) is 5.20. The molecule has 7 heteroatoms. The highest BCUT2D eigenvalue weighted by atomic mass is 32.2. The monoisotopic (exact) mass is 488 g/mol. The van der Waals surface area contributed by atoms with Gasteiger partial charge in [-0.15, -0.1) is 22.0 Å². The van der Waals surface area contributed by atoms with Crippen LogP contribution >= 0.6 is 23.5 Å². The van der Waals surface area contributed by atoms with Gasteiger partial charge in [0.2, 0.25) is 5.91 Å². The molecule has 1 heterocycles. The quantitative estimate of drug-likeness (QED) is 0.266. The molecule has 4 rings (SSSR count). The summed E-state index contributed by atoms with van der Waals surface area (Å²) in [4.78, 5) is 14.2. The molecular formula is C27H28N4OS2. The molecule has 174 valence electrons. The first-order valence-corrected chi connectivity index (χ1v) is 13.1. The molecule has 1 aromatic heterocycles. The molecule has 0 bridgehead atoms. The molecule has 0 fully saturated rings. The average Bonchev–Trinajstić information content (AvgIpc) is 3.26. The van der Waals surface area contributed by atoms with Gasteiger partial charge in [0.05, 0.1) is 11.0 Å². The number of hydrogen-bond donors (Lipinski definition) is 1. The van der Waals surface area contributed by atoms with E-state index in [0.717, 1.165) is 27.9 Å². The standard InChI is InChI=1S/C27H28N4OS2/c1-4-24(26(32)28-21-14-10-19(2)11-15-21)34-27-30-29-25(31(27)22-8-6-5-7-9-22)18-33-23-16-12-20(3)13-17-23/h5-17,24H,4,18H2,1-3H3,(H,28,32). The molecule has 1 unspecified atom stereocenters. The minimum Gasteiger partial charge on any atom is -0.325 e. The van der Waals surface area contributed by atoms with Crippen molar-refractivity contribution in [3.63, 3.8) is 0 Å². The summed E-state index contributed by atoms with van der Waals surface area (Å²) in [7, 11) is 0. The summed E-state index contributed by atoms with van der Waals surface area (Å²) < 4.78 is 2.06. The summed E-state index contributed by atoms with van der Waals surface area (Å²) in [6, 6.07) is 26.4. The van der Waals surface area contributed by atoms with Gasteiger partial charge in [-0.25, -0.2) is 0 Å². The van der Waals surface area contributed by atoms with Gasteiger partial charge in [-0.2, -0.15) is 0 Å². The summed E-state index contributed by atoms with van der Waals surface area (Å²) in [5.74, 6) is 1.50. The average molecular weight is 489 g/mol. The SMILES string of the molecule is CCC(Sc1nnc(CSc2ccc(C)cc2)n1-c1ccccc1)C(=O)Nc1ccc(C)cc1. The highest BCUT2D eigenvalue weighted by molar-refractivity contribution is 8.00. The first-order chi connectivity index (χ1) is 16.5. The molecule has 34 heavy (non-hydrogen) atoms. The van der Waals surface area contributed by atoms with E-state index in [1.54, 1.807) is 11.8 Å². The number of nitrogens with one attached hydrogen (secondary N) is 1. The van der Waals surface area contributed by atoms with E-state index in [-0.39, 0.29) is 11.2 Å². The van der Waals surface area contributed by atoms with Crippen molar-refractivity contribution in [1.29, 1.82) is 0 Å². The maximum atomic E-state index is 13.0. The fourth-order valence-electron chi connectivity index (χ4n) is 3.40. The second-order valence-corrected chi connectivity index (χ2v) is 10.3. The van der Waals surface area contributed by atoms with Crippen LogP contribution in [-0.4, -0.2) is 25.9 Å². The van der Waals surface area contributed by atoms with E-state index in [1.165, 1.54) is 22.2 Å². The number of anilines is 1. The molecule has 0 spiro atoms. The summed E-state index contributed by atoms with van der Waals surface area (Å²) in [5.41, 5.74) is 4.19. The number of thioether (sulfide) groups is 2. The lowest BCUT2D eigenvalue weighted by Crippen LogP contribution is -2.25. The van der Waals surface area contributed by atoms with Gasteiger partial charge in [-0.1, -0.05) is 72.3 Å². The molecule has 4 aromatic rings. The van der Waals surface area contributed by atoms with Crippen molar-refractivity contribution >= 4 is 35.1 Å². The number of carbonyl (C=O) groups is 1. The van der Waals surface area contributed by atoms with Crippen LogP contribution < -0.4 is 5.32 Å². The van der Waals surface area contributed by atoms with Gasteiger partial charge in [-0.3, -0.25) is 9.36 Å². The molecule has 5 nitrogen and oxygen atoms in total. The Balaban J connectivity index is 1.55. The normalized spacial score (nSPS) is 11.9. The Morgan fingerprint density at radius 1 is 0.912 bits per heavy atom. The number of amides is 1. The first kappa shape index (κ1) is 24.1. The van der Waals surface area contributed by atoms with Crippen LogP contribution in [0.25, 0.3) is 5.69 Å². The second kappa shape index (κ2) is 11.4. The number of hydrogen-bond acceptors (Lipinski definition) is 5. The van der Waals surface area contributed by atoms with Gasteiger partial charge in [0.15, 0.2) is 5.16 Å². The molecule has 1 atom stereocenters. The number of para-hydroxylation sites is 1. The largest absolute Gasteiger partial charge is 0.325 e. The summed E-state index contributed by atoms with van der Waals surface area (Å²) in [5, 5.41) is 12.5. The van der Waals surface area contributed by atoms with Crippen molar-refractivity contribution in [3.05, 3.63) is 95.8 Å². The first-order valence-electron chi connectivity index (χ1n) is 11.3. The molecule has 1 amide bonds.